The van der Waals surface area contributed by atoms with Crippen molar-refractivity contribution in [3.63, 3.8) is 0 Å². The molecule has 0 saturated heterocycles. The van der Waals surface area contributed by atoms with E-state index in [1.165, 1.54) is 0 Å². The topological polar surface area (TPSA) is 529 Å². The van der Waals surface area contributed by atoms with E-state index in [9.17, 15) is 57.5 Å². The summed E-state index contributed by atoms with van der Waals surface area (Å²) in [6.07, 6.45) is -3.03. The van der Waals surface area contributed by atoms with Gasteiger partial charge in [-0.3, -0.25) is 28.8 Å². The van der Waals surface area contributed by atoms with Crippen molar-refractivity contribution in [2.45, 2.75) is 38.5 Å². The molecule has 0 bridgehead atoms. The summed E-state index contributed by atoms with van der Waals surface area (Å²) in [6.45, 7) is 16.5. The monoisotopic (exact) mass is 916 g/mol. The lowest BCUT2D eigenvalue weighted by molar-refractivity contribution is -0.139. The highest BCUT2D eigenvalue weighted by Gasteiger charge is 2.26. The predicted molar refractivity (Wildman–Crippen MR) is 205 cm³/mol. The molecular formula is C35H48O28. The summed E-state index contributed by atoms with van der Waals surface area (Å²) < 4.78 is 0. The molecule has 0 saturated carbocycles. The van der Waals surface area contributed by atoms with Crippen LogP contribution in [0.25, 0.3) is 0 Å². The normalized spacial score (nSPS) is 8.95. The van der Waals surface area contributed by atoms with E-state index in [1.54, 1.807) is 0 Å². The first-order valence-corrected chi connectivity index (χ1v) is 15.7. The molecule has 63 heavy (non-hydrogen) atoms. The van der Waals surface area contributed by atoms with Crippen LogP contribution in [0.15, 0.2) is 72.9 Å². The van der Waals surface area contributed by atoms with Crippen LogP contribution in [-0.2, 0) is 57.5 Å². The average Bonchev–Trinajstić information content (AvgIpc) is 3.12. The quantitative estimate of drug-likeness (QED) is 0.0553. The summed E-state index contributed by atoms with van der Waals surface area (Å²) >= 11 is 0. The van der Waals surface area contributed by atoms with E-state index in [4.69, 9.17) is 81.7 Å². The SMILES string of the molecule is C=C(CC(=O)O)C(=O)O.C=C(CC(=O)O)C(=O)O.C=C(CC(=O)O)C(=O)O.C=C(CC(=O)O)C(=O)O.C=C(CC(=O)O)C(=O)O.C=C(CC(=O)O)C(=O)O.OCC(CO)(CO)CO. The lowest BCUT2D eigenvalue weighted by Gasteiger charge is -2.23. The van der Waals surface area contributed by atoms with E-state index in [0.29, 0.717) is 0 Å². The van der Waals surface area contributed by atoms with E-state index < -0.39 is 142 Å². The number of aliphatic carboxylic acids is 12. The zero-order valence-corrected chi connectivity index (χ0v) is 32.9. The van der Waals surface area contributed by atoms with Gasteiger partial charge in [0.2, 0.25) is 0 Å². The van der Waals surface area contributed by atoms with Gasteiger partial charge in [0.05, 0.1) is 70.4 Å². The second-order valence-electron chi connectivity index (χ2n) is 11.0. The van der Waals surface area contributed by atoms with Crippen LogP contribution in [0.3, 0.4) is 0 Å². The predicted octanol–water partition coefficient (Wildman–Crippen LogP) is -1.45. The van der Waals surface area contributed by atoms with Gasteiger partial charge in [-0.05, 0) is 0 Å². The van der Waals surface area contributed by atoms with Gasteiger partial charge in [0.25, 0.3) is 0 Å². The molecule has 0 aromatic heterocycles. The summed E-state index contributed by atoms with van der Waals surface area (Å²) in [6, 6.07) is 0. The third-order valence-corrected chi connectivity index (χ3v) is 5.34. The Balaban J connectivity index is -0.000000116. The van der Waals surface area contributed by atoms with Crippen molar-refractivity contribution in [2.75, 3.05) is 26.4 Å². The number of hydrogen-bond acceptors (Lipinski definition) is 16. The van der Waals surface area contributed by atoms with Crippen molar-refractivity contribution >= 4 is 71.6 Å². The third kappa shape index (κ3) is 53.9. The van der Waals surface area contributed by atoms with Crippen LogP contribution in [0.5, 0.6) is 0 Å². The molecule has 0 aliphatic heterocycles. The van der Waals surface area contributed by atoms with Gasteiger partial charge in [0.1, 0.15) is 0 Å². The molecule has 0 fully saturated rings. The summed E-state index contributed by atoms with van der Waals surface area (Å²) in [4.78, 5) is 118. The van der Waals surface area contributed by atoms with Gasteiger partial charge in [-0.1, -0.05) is 39.5 Å². The fourth-order valence-electron chi connectivity index (χ4n) is 1.85. The van der Waals surface area contributed by atoms with E-state index in [-0.39, 0.29) is 33.4 Å². The van der Waals surface area contributed by atoms with Gasteiger partial charge in [-0.2, -0.15) is 0 Å². The highest BCUT2D eigenvalue weighted by molar-refractivity contribution is 5.94. The lowest BCUT2D eigenvalue weighted by atomic mass is 9.93. The fourth-order valence-corrected chi connectivity index (χ4v) is 1.85. The lowest BCUT2D eigenvalue weighted by Crippen LogP contribution is -2.37. The van der Waals surface area contributed by atoms with Crippen molar-refractivity contribution < 1.29 is 139 Å². The molecule has 0 unspecified atom stereocenters. The molecule has 0 rings (SSSR count). The molecule has 0 aliphatic carbocycles. The van der Waals surface area contributed by atoms with Crippen LogP contribution in [0.1, 0.15) is 38.5 Å². The van der Waals surface area contributed by atoms with Crippen molar-refractivity contribution in [1.82, 2.24) is 0 Å². The molecular weight excluding hydrogens is 868 g/mol. The minimum absolute atomic E-state index is 0.303. The third-order valence-electron chi connectivity index (χ3n) is 5.34. The van der Waals surface area contributed by atoms with Crippen LogP contribution >= 0.6 is 0 Å². The van der Waals surface area contributed by atoms with E-state index >= 15 is 0 Å². The molecule has 16 N–H and O–H groups in total. The van der Waals surface area contributed by atoms with Gasteiger partial charge in [-0.25, -0.2) is 28.8 Å². The second kappa shape index (κ2) is 39.4. The van der Waals surface area contributed by atoms with Gasteiger partial charge in [0, 0.05) is 33.4 Å². The van der Waals surface area contributed by atoms with Crippen molar-refractivity contribution in [3.05, 3.63) is 72.9 Å². The molecule has 28 heteroatoms. The van der Waals surface area contributed by atoms with E-state index in [0.717, 1.165) is 0 Å². The number of aliphatic hydroxyl groups is 4. The molecule has 0 amide bonds. The Labute approximate surface area is 354 Å². The smallest absolute Gasteiger partial charge is 0.331 e. The molecule has 28 nitrogen and oxygen atoms in total. The number of rotatable bonds is 22. The Hall–Kier alpha value is -8.08. The first-order chi connectivity index (χ1) is 28.5. The van der Waals surface area contributed by atoms with Crippen LogP contribution in [-0.4, -0.2) is 180 Å². The molecule has 0 spiro atoms. The number of carboxylic acids is 12. The number of hydrogen-bond donors (Lipinski definition) is 16. The zero-order valence-electron chi connectivity index (χ0n) is 32.9. The van der Waals surface area contributed by atoms with Gasteiger partial charge in [0.15, 0.2) is 0 Å². The number of carboxylic acid groups (broad SMARTS) is 12. The molecule has 0 radical (unpaired) electrons. The maximum atomic E-state index is 9.87. The first kappa shape index (κ1) is 69.5. The maximum absolute atomic E-state index is 9.87. The van der Waals surface area contributed by atoms with Gasteiger partial charge in [-0.15, -0.1) is 0 Å². The molecule has 0 aromatic carbocycles. The van der Waals surface area contributed by atoms with E-state index in [1.807, 2.05) is 0 Å². The minimum atomic E-state index is -1.27. The average molecular weight is 917 g/mol. The molecule has 0 heterocycles. The highest BCUT2D eigenvalue weighted by Crippen LogP contribution is 2.12. The molecule has 0 aromatic rings. The summed E-state index contributed by atoms with van der Waals surface area (Å²) in [5, 5.41) is 130. The van der Waals surface area contributed by atoms with Crippen LogP contribution in [0.2, 0.25) is 0 Å². The first-order valence-electron chi connectivity index (χ1n) is 15.7. The van der Waals surface area contributed by atoms with Crippen molar-refractivity contribution in [2.24, 2.45) is 5.41 Å². The molecule has 356 valence electrons. The zero-order chi connectivity index (χ0) is 52.0. The number of aliphatic hydroxyl groups excluding tert-OH is 4. The van der Waals surface area contributed by atoms with Crippen molar-refractivity contribution in [1.29, 1.82) is 0 Å². The second-order valence-corrected chi connectivity index (χ2v) is 11.0. The van der Waals surface area contributed by atoms with Crippen LogP contribution < -0.4 is 0 Å². The number of carbonyl (C=O) groups is 12. The fraction of sp³-hybridized carbons (Fsp3) is 0.314. The Morgan fingerprint density at radius 2 is 0.349 bits per heavy atom. The largest absolute Gasteiger partial charge is 0.481 e. The Bertz CT molecular complexity index is 1400. The van der Waals surface area contributed by atoms with Gasteiger partial charge < -0.3 is 81.7 Å². The Morgan fingerprint density at radius 1 is 0.254 bits per heavy atom. The molecule has 0 aliphatic rings. The standard InChI is InChI=1S/C5H12O4.6C5H6O4/c6-1-5(2-7,3-8)4-9;6*1-3(5(8)9)2-4(6)7/h6-9H,1-4H2;6*1-2H2,(H,6,7)(H,8,9). The van der Waals surface area contributed by atoms with Crippen molar-refractivity contribution in [3.8, 4) is 0 Å². The maximum Gasteiger partial charge on any atom is 0.331 e. The summed E-state index contributed by atoms with van der Waals surface area (Å²) in [5.41, 5.74) is -2.93. The minimum Gasteiger partial charge on any atom is -0.481 e. The highest BCUT2D eigenvalue weighted by atomic mass is 16.4. The Kier molecular flexibility index (Phi) is 43.5. The van der Waals surface area contributed by atoms with Crippen LogP contribution in [0.4, 0.5) is 0 Å². The molecule has 0 atom stereocenters. The Morgan fingerprint density at radius 3 is 0.365 bits per heavy atom. The van der Waals surface area contributed by atoms with E-state index in [2.05, 4.69) is 39.5 Å². The van der Waals surface area contributed by atoms with Gasteiger partial charge >= 0.3 is 71.6 Å². The van der Waals surface area contributed by atoms with Crippen LogP contribution in [0, 0.1) is 5.41 Å². The summed E-state index contributed by atoms with van der Waals surface area (Å²) in [5.74, 6) is -14.7. The summed E-state index contributed by atoms with van der Waals surface area (Å²) in [7, 11) is 0.